The molecule has 0 saturated heterocycles. The molecular weight excluding hydrogens is 348 g/mol. The summed E-state index contributed by atoms with van der Waals surface area (Å²) in [7, 11) is 1.53. The van der Waals surface area contributed by atoms with Crippen molar-refractivity contribution >= 4 is 17.5 Å². The van der Waals surface area contributed by atoms with Gasteiger partial charge in [-0.3, -0.25) is 9.59 Å². The van der Waals surface area contributed by atoms with E-state index in [-0.39, 0.29) is 11.3 Å². The lowest BCUT2D eigenvalue weighted by atomic mass is 9.95. The van der Waals surface area contributed by atoms with Gasteiger partial charge in [-0.05, 0) is 38.1 Å². The summed E-state index contributed by atoms with van der Waals surface area (Å²) < 4.78 is 12.6. The fourth-order valence-corrected chi connectivity index (χ4v) is 2.77. The van der Waals surface area contributed by atoms with Gasteiger partial charge in [-0.2, -0.15) is 10.4 Å². The average molecular weight is 366 g/mol. The van der Waals surface area contributed by atoms with Gasteiger partial charge in [-0.25, -0.2) is 4.68 Å². The molecule has 0 aliphatic carbocycles. The molecule has 0 radical (unpaired) electrons. The van der Waals surface area contributed by atoms with Crippen LogP contribution in [0, 0.1) is 11.3 Å². The van der Waals surface area contributed by atoms with Crippen LogP contribution in [0.1, 0.15) is 31.9 Å². The molecule has 0 unspecified atom stereocenters. The first-order valence-corrected chi connectivity index (χ1v) is 8.19. The molecule has 3 rings (SSSR count). The zero-order valence-corrected chi connectivity index (χ0v) is 15.4. The average Bonchev–Trinajstić information content (AvgIpc) is 2.60. The summed E-state index contributed by atoms with van der Waals surface area (Å²) >= 11 is 0. The minimum atomic E-state index is -0.949. The van der Waals surface area contributed by atoms with Gasteiger partial charge in [0.25, 0.3) is 5.56 Å². The first kappa shape index (κ1) is 18.2. The van der Waals surface area contributed by atoms with Crippen LogP contribution in [0.5, 0.6) is 5.75 Å². The molecule has 8 nitrogen and oxygen atoms in total. The van der Waals surface area contributed by atoms with Gasteiger partial charge in [0, 0.05) is 25.6 Å². The first-order valence-electron chi connectivity index (χ1n) is 8.19. The van der Waals surface area contributed by atoms with Gasteiger partial charge in [0.05, 0.1) is 17.3 Å². The Bertz CT molecular complexity index is 1060. The largest absolute Gasteiger partial charge is 0.479 e. The Hall–Kier alpha value is -3.60. The molecule has 2 aromatic rings. The Morgan fingerprint density at radius 3 is 2.70 bits per heavy atom. The summed E-state index contributed by atoms with van der Waals surface area (Å²) in [6.45, 7) is 4.83. The van der Waals surface area contributed by atoms with Crippen LogP contribution in [0.25, 0.3) is 5.70 Å². The number of carbonyl (C=O) groups excluding carboxylic acids is 1. The summed E-state index contributed by atoms with van der Waals surface area (Å²) in [5.41, 5.74) is 0.219. The molecule has 0 bridgehead atoms. The van der Waals surface area contributed by atoms with Gasteiger partial charge < -0.3 is 14.8 Å². The first-order chi connectivity index (χ1) is 12.7. The molecule has 1 N–H and O–H groups in total. The summed E-state index contributed by atoms with van der Waals surface area (Å²) in [4.78, 5) is 23.3. The quantitative estimate of drug-likeness (QED) is 0.830. The smallest absolute Gasteiger partial charge is 0.307 e. The van der Waals surface area contributed by atoms with Crippen LogP contribution in [0.4, 0.5) is 5.82 Å². The number of nitrogens with one attached hydrogen (secondary N) is 1. The monoisotopic (exact) mass is 366 g/mol. The highest BCUT2D eigenvalue weighted by Crippen LogP contribution is 2.41. The van der Waals surface area contributed by atoms with Gasteiger partial charge in [0.1, 0.15) is 5.75 Å². The zero-order chi connectivity index (χ0) is 19.8. The van der Waals surface area contributed by atoms with Crippen molar-refractivity contribution < 1.29 is 14.3 Å². The number of carbonyl (C=O) groups is 1. The van der Waals surface area contributed by atoms with E-state index >= 15 is 0 Å². The van der Waals surface area contributed by atoms with E-state index in [0.29, 0.717) is 28.4 Å². The second-order valence-corrected chi connectivity index (χ2v) is 6.54. The number of aromatic nitrogens is 2. The van der Waals surface area contributed by atoms with E-state index in [9.17, 15) is 14.9 Å². The number of hydrogen-bond donors (Lipinski definition) is 1. The van der Waals surface area contributed by atoms with Crippen LogP contribution in [-0.2, 0) is 16.6 Å². The van der Waals surface area contributed by atoms with Gasteiger partial charge in [0.15, 0.2) is 17.2 Å². The number of anilines is 1. The molecule has 2 heterocycles. The van der Waals surface area contributed by atoms with Crippen LogP contribution >= 0.6 is 0 Å². The summed E-state index contributed by atoms with van der Waals surface area (Å²) in [5, 5.41) is 16.5. The van der Waals surface area contributed by atoms with Crippen molar-refractivity contribution in [1.29, 1.82) is 5.26 Å². The van der Waals surface area contributed by atoms with E-state index in [0.717, 1.165) is 0 Å². The summed E-state index contributed by atoms with van der Waals surface area (Å²) in [5.74, 6) is 0.660. The van der Waals surface area contributed by atoms with Gasteiger partial charge in [0.2, 0.25) is 0 Å². The molecular formula is C19H18N4O4. The van der Waals surface area contributed by atoms with Crippen LogP contribution in [0.2, 0.25) is 0 Å². The molecule has 0 spiro atoms. The Labute approximate surface area is 155 Å². The minimum Gasteiger partial charge on any atom is -0.479 e. The highest BCUT2D eigenvalue weighted by atomic mass is 16.6. The SMILES string of the molecule is CC(=O)OC1=C(Nc2ccc(=O)n(C)n2)c2cc(C#N)ccc2OC1(C)C. The van der Waals surface area contributed by atoms with Crippen molar-refractivity contribution in [2.75, 3.05) is 5.32 Å². The second-order valence-electron chi connectivity index (χ2n) is 6.54. The number of esters is 1. The molecule has 0 saturated carbocycles. The number of nitrogens with zero attached hydrogens (tertiary/aromatic N) is 3. The van der Waals surface area contributed by atoms with Crippen LogP contribution in [0.3, 0.4) is 0 Å². The fraction of sp³-hybridized carbons (Fsp3) is 0.263. The Morgan fingerprint density at radius 2 is 2.07 bits per heavy atom. The maximum atomic E-state index is 11.7. The molecule has 0 atom stereocenters. The molecule has 0 amide bonds. The van der Waals surface area contributed by atoms with Crippen molar-refractivity contribution in [3.8, 4) is 11.8 Å². The Kier molecular flexibility index (Phi) is 4.45. The third-order valence-electron chi connectivity index (χ3n) is 3.98. The highest BCUT2D eigenvalue weighted by molar-refractivity contribution is 5.84. The number of fused-ring (bicyclic) bond motifs is 1. The summed E-state index contributed by atoms with van der Waals surface area (Å²) in [6, 6.07) is 9.95. The fourth-order valence-electron chi connectivity index (χ4n) is 2.77. The van der Waals surface area contributed by atoms with Crippen molar-refractivity contribution in [3.05, 3.63) is 57.6 Å². The molecule has 1 aromatic heterocycles. The Morgan fingerprint density at radius 1 is 1.33 bits per heavy atom. The lowest BCUT2D eigenvalue weighted by Gasteiger charge is -2.35. The molecule has 1 aliphatic heterocycles. The lowest BCUT2D eigenvalue weighted by molar-refractivity contribution is -0.139. The second kappa shape index (κ2) is 6.61. The maximum Gasteiger partial charge on any atom is 0.307 e. The summed E-state index contributed by atoms with van der Waals surface area (Å²) in [6.07, 6.45) is 0. The van der Waals surface area contributed by atoms with E-state index in [2.05, 4.69) is 16.5 Å². The third kappa shape index (κ3) is 3.53. The zero-order valence-electron chi connectivity index (χ0n) is 15.4. The molecule has 138 valence electrons. The molecule has 1 aromatic carbocycles. The number of nitriles is 1. The maximum absolute atomic E-state index is 11.7. The van der Waals surface area contributed by atoms with E-state index in [4.69, 9.17) is 9.47 Å². The number of hydrogen-bond acceptors (Lipinski definition) is 7. The number of benzene rings is 1. The predicted molar refractivity (Wildman–Crippen MR) is 97.7 cm³/mol. The van der Waals surface area contributed by atoms with Crippen molar-refractivity contribution in [2.24, 2.45) is 7.05 Å². The van der Waals surface area contributed by atoms with Crippen molar-refractivity contribution in [2.45, 2.75) is 26.4 Å². The van der Waals surface area contributed by atoms with Crippen molar-refractivity contribution in [3.63, 3.8) is 0 Å². The molecule has 8 heteroatoms. The molecule has 1 aliphatic rings. The number of ether oxygens (including phenoxy) is 2. The van der Waals surface area contributed by atoms with E-state index in [1.807, 2.05) is 0 Å². The van der Waals surface area contributed by atoms with E-state index in [1.165, 1.54) is 30.8 Å². The van der Waals surface area contributed by atoms with Gasteiger partial charge >= 0.3 is 5.97 Å². The molecule has 0 fully saturated rings. The minimum absolute atomic E-state index is 0.255. The van der Waals surface area contributed by atoms with Gasteiger partial charge in [-0.15, -0.1) is 0 Å². The van der Waals surface area contributed by atoms with Crippen LogP contribution < -0.4 is 15.6 Å². The topological polar surface area (TPSA) is 106 Å². The number of aryl methyl sites for hydroxylation is 1. The van der Waals surface area contributed by atoms with E-state index < -0.39 is 11.6 Å². The van der Waals surface area contributed by atoms with Crippen molar-refractivity contribution in [1.82, 2.24) is 9.78 Å². The van der Waals surface area contributed by atoms with Crippen LogP contribution in [0.15, 0.2) is 40.9 Å². The molecule has 27 heavy (non-hydrogen) atoms. The predicted octanol–water partition coefficient (Wildman–Crippen LogP) is 2.17. The standard InChI is InChI=1S/C19H18N4O4/c1-11(24)26-18-17(21-15-7-8-16(25)23(4)22-15)13-9-12(10-20)5-6-14(13)27-19(18,2)3/h5-9H,1-4H3,(H,21,22). The third-order valence-corrected chi connectivity index (χ3v) is 3.98. The van der Waals surface area contributed by atoms with Gasteiger partial charge in [-0.1, -0.05) is 0 Å². The van der Waals surface area contributed by atoms with Crippen LogP contribution in [-0.4, -0.2) is 21.4 Å². The normalized spacial score (nSPS) is 14.6. The highest BCUT2D eigenvalue weighted by Gasteiger charge is 2.38. The number of rotatable bonds is 3. The Balaban J connectivity index is 2.22. The lowest BCUT2D eigenvalue weighted by Crippen LogP contribution is -2.38. The van der Waals surface area contributed by atoms with E-state index in [1.54, 1.807) is 32.0 Å².